The predicted octanol–water partition coefficient (Wildman–Crippen LogP) is 5.15. The van der Waals surface area contributed by atoms with Crippen molar-refractivity contribution in [3.05, 3.63) is 77.6 Å². The number of aromatic amines is 1. The van der Waals surface area contributed by atoms with Gasteiger partial charge in [-0.3, -0.25) is 4.90 Å². The highest BCUT2D eigenvalue weighted by atomic mass is 35.5. The Morgan fingerprint density at radius 2 is 2.03 bits per heavy atom. The van der Waals surface area contributed by atoms with Crippen molar-refractivity contribution in [2.24, 2.45) is 0 Å². The van der Waals surface area contributed by atoms with E-state index in [-0.39, 0.29) is 0 Å². The van der Waals surface area contributed by atoms with E-state index in [1.54, 1.807) is 6.20 Å². The van der Waals surface area contributed by atoms with Crippen molar-refractivity contribution in [2.75, 3.05) is 18.4 Å². The molecule has 0 saturated carbocycles. The van der Waals surface area contributed by atoms with Crippen LogP contribution in [-0.2, 0) is 6.54 Å². The monoisotopic (exact) mass is 416 g/mol. The van der Waals surface area contributed by atoms with Crippen molar-refractivity contribution in [3.63, 3.8) is 0 Å². The van der Waals surface area contributed by atoms with Gasteiger partial charge in [-0.25, -0.2) is 9.97 Å². The molecule has 0 spiro atoms. The maximum atomic E-state index is 6.45. The standard InChI is InChI=1S/C24H23ClN5/c25-21-15-27-24(29-23(21)20-14-26-22-9-5-4-8-19(20)22)28-18-10-12-30(13-11-18)16-17-6-2-1-3-7-17/h1-2,4-9,14-15,18,26H,10-13,16H2,(H,27,28,29). The fourth-order valence-electron chi connectivity index (χ4n) is 4.10. The molecular formula is C24H23ClN5. The molecule has 0 atom stereocenters. The van der Waals surface area contributed by atoms with Gasteiger partial charge in [0.05, 0.1) is 16.9 Å². The first kappa shape index (κ1) is 19.1. The largest absolute Gasteiger partial charge is 0.360 e. The van der Waals surface area contributed by atoms with E-state index in [0.29, 0.717) is 17.0 Å². The number of rotatable bonds is 5. The van der Waals surface area contributed by atoms with Gasteiger partial charge in [0, 0.05) is 48.3 Å². The molecule has 5 nitrogen and oxygen atoms in total. The number of fused-ring (bicyclic) bond motifs is 1. The van der Waals surface area contributed by atoms with Crippen LogP contribution in [0.15, 0.2) is 60.9 Å². The zero-order valence-electron chi connectivity index (χ0n) is 16.6. The molecule has 151 valence electrons. The van der Waals surface area contributed by atoms with Crippen LogP contribution in [0.2, 0.25) is 5.02 Å². The third-order valence-corrected chi connectivity index (χ3v) is 5.96. The number of nitrogens with one attached hydrogen (secondary N) is 2. The Labute approximate surface area is 181 Å². The molecule has 3 heterocycles. The molecule has 1 aliphatic heterocycles. The normalized spacial score (nSPS) is 15.5. The lowest BCUT2D eigenvalue weighted by atomic mass is 10.0. The number of anilines is 1. The van der Waals surface area contributed by atoms with Crippen LogP contribution in [0.25, 0.3) is 22.2 Å². The molecule has 4 aromatic rings. The Morgan fingerprint density at radius 1 is 1.17 bits per heavy atom. The average molecular weight is 417 g/mol. The molecule has 1 saturated heterocycles. The minimum atomic E-state index is 0.362. The van der Waals surface area contributed by atoms with Crippen LogP contribution in [0, 0.1) is 6.07 Å². The van der Waals surface area contributed by atoms with E-state index < -0.39 is 0 Å². The third kappa shape index (κ3) is 4.04. The minimum Gasteiger partial charge on any atom is -0.360 e. The number of hydrogen-bond donors (Lipinski definition) is 2. The molecule has 2 N–H and O–H groups in total. The zero-order valence-corrected chi connectivity index (χ0v) is 17.4. The first-order valence-electron chi connectivity index (χ1n) is 10.3. The molecule has 1 fully saturated rings. The van der Waals surface area contributed by atoms with Gasteiger partial charge in [-0.15, -0.1) is 0 Å². The Bertz CT molecular complexity index is 1130. The number of para-hydroxylation sites is 1. The second-order valence-corrected chi connectivity index (χ2v) is 8.15. The van der Waals surface area contributed by atoms with Gasteiger partial charge in [-0.2, -0.15) is 0 Å². The molecule has 0 amide bonds. The molecule has 0 aliphatic carbocycles. The molecule has 2 aromatic heterocycles. The van der Waals surface area contributed by atoms with Crippen LogP contribution in [-0.4, -0.2) is 39.0 Å². The SMILES string of the molecule is Clc1cnc(NC2CCN(Cc3c[c]ccc3)CC2)nc1-c1c[nH]c2ccccc12. The Balaban J connectivity index is 1.27. The summed E-state index contributed by atoms with van der Waals surface area (Å²) in [4.78, 5) is 15.0. The first-order valence-corrected chi connectivity index (χ1v) is 10.7. The number of nitrogens with zero attached hydrogens (tertiary/aromatic N) is 3. The smallest absolute Gasteiger partial charge is 0.223 e. The van der Waals surface area contributed by atoms with E-state index in [4.69, 9.17) is 16.6 Å². The minimum absolute atomic E-state index is 0.362. The molecule has 5 rings (SSSR count). The van der Waals surface area contributed by atoms with Gasteiger partial charge in [0.2, 0.25) is 5.95 Å². The number of aromatic nitrogens is 3. The maximum absolute atomic E-state index is 6.45. The molecule has 6 heteroatoms. The fourth-order valence-corrected chi connectivity index (χ4v) is 4.29. The van der Waals surface area contributed by atoms with E-state index in [1.807, 2.05) is 36.5 Å². The number of piperidine rings is 1. The van der Waals surface area contributed by atoms with E-state index >= 15 is 0 Å². The van der Waals surface area contributed by atoms with Gasteiger partial charge in [0.25, 0.3) is 0 Å². The van der Waals surface area contributed by atoms with Gasteiger partial charge < -0.3 is 10.3 Å². The summed E-state index contributed by atoms with van der Waals surface area (Å²) in [7, 11) is 0. The van der Waals surface area contributed by atoms with Gasteiger partial charge in [0.1, 0.15) is 0 Å². The summed E-state index contributed by atoms with van der Waals surface area (Å²) in [6, 6.07) is 19.9. The Kier molecular flexibility index (Phi) is 5.39. The molecule has 1 aliphatic rings. The highest BCUT2D eigenvalue weighted by molar-refractivity contribution is 6.33. The second kappa shape index (κ2) is 8.46. The maximum Gasteiger partial charge on any atom is 0.223 e. The topological polar surface area (TPSA) is 56.8 Å². The summed E-state index contributed by atoms with van der Waals surface area (Å²) >= 11 is 6.45. The molecule has 0 unspecified atom stereocenters. The highest BCUT2D eigenvalue weighted by Gasteiger charge is 2.21. The summed E-state index contributed by atoms with van der Waals surface area (Å²) in [5.41, 5.74) is 4.13. The van der Waals surface area contributed by atoms with E-state index in [2.05, 4.69) is 44.5 Å². The van der Waals surface area contributed by atoms with Crippen molar-refractivity contribution in [2.45, 2.75) is 25.4 Å². The number of hydrogen-bond acceptors (Lipinski definition) is 4. The van der Waals surface area contributed by atoms with Gasteiger partial charge in [0.15, 0.2) is 0 Å². The second-order valence-electron chi connectivity index (χ2n) is 7.74. The lowest BCUT2D eigenvalue weighted by Crippen LogP contribution is -2.39. The van der Waals surface area contributed by atoms with Crippen LogP contribution in [0.4, 0.5) is 5.95 Å². The number of halogens is 1. The summed E-state index contributed by atoms with van der Waals surface area (Å²) in [5, 5.41) is 5.18. The lowest BCUT2D eigenvalue weighted by Gasteiger charge is -2.32. The van der Waals surface area contributed by atoms with Crippen molar-refractivity contribution in [1.29, 1.82) is 0 Å². The van der Waals surface area contributed by atoms with Gasteiger partial charge in [-0.1, -0.05) is 48.0 Å². The van der Waals surface area contributed by atoms with Crippen molar-refractivity contribution < 1.29 is 0 Å². The van der Waals surface area contributed by atoms with Gasteiger partial charge >= 0.3 is 0 Å². The lowest BCUT2D eigenvalue weighted by molar-refractivity contribution is 0.211. The molecule has 1 radical (unpaired) electrons. The molecule has 30 heavy (non-hydrogen) atoms. The number of benzene rings is 2. The van der Waals surface area contributed by atoms with Crippen LogP contribution >= 0.6 is 11.6 Å². The quantitative estimate of drug-likeness (QED) is 0.472. The van der Waals surface area contributed by atoms with E-state index in [0.717, 1.165) is 54.6 Å². The van der Waals surface area contributed by atoms with Gasteiger partial charge in [-0.05, 0) is 36.6 Å². The predicted molar refractivity (Wildman–Crippen MR) is 122 cm³/mol. The summed E-state index contributed by atoms with van der Waals surface area (Å²) in [5.74, 6) is 0.635. The zero-order chi connectivity index (χ0) is 20.3. The first-order chi connectivity index (χ1) is 14.8. The van der Waals surface area contributed by atoms with Crippen molar-refractivity contribution in [3.8, 4) is 11.3 Å². The molecule has 2 aromatic carbocycles. The fraction of sp³-hybridized carbons (Fsp3) is 0.250. The van der Waals surface area contributed by atoms with Crippen molar-refractivity contribution >= 4 is 28.5 Å². The van der Waals surface area contributed by atoms with Crippen LogP contribution in [0.1, 0.15) is 18.4 Å². The van der Waals surface area contributed by atoms with Crippen molar-refractivity contribution in [1.82, 2.24) is 19.9 Å². The molecular weight excluding hydrogens is 394 g/mol. The summed E-state index contributed by atoms with van der Waals surface area (Å²) < 4.78 is 0. The number of likely N-dealkylation sites (tertiary alicyclic amines) is 1. The third-order valence-electron chi connectivity index (χ3n) is 5.69. The average Bonchev–Trinajstić information content (AvgIpc) is 3.21. The van der Waals surface area contributed by atoms with E-state index in [9.17, 15) is 0 Å². The van der Waals surface area contributed by atoms with Crippen LogP contribution < -0.4 is 5.32 Å². The summed E-state index contributed by atoms with van der Waals surface area (Å²) in [6.45, 7) is 3.08. The number of H-pyrrole nitrogens is 1. The van der Waals surface area contributed by atoms with E-state index in [1.165, 1.54) is 5.56 Å². The van der Waals surface area contributed by atoms with Crippen LogP contribution in [0.5, 0.6) is 0 Å². The Hall–Kier alpha value is -2.89. The summed E-state index contributed by atoms with van der Waals surface area (Å²) in [6.07, 6.45) is 5.77. The van der Waals surface area contributed by atoms with Crippen LogP contribution in [0.3, 0.4) is 0 Å². The highest BCUT2D eigenvalue weighted by Crippen LogP contribution is 2.32. The Morgan fingerprint density at radius 3 is 2.87 bits per heavy atom. The molecule has 0 bridgehead atoms.